The van der Waals surface area contributed by atoms with Gasteiger partial charge in [0.05, 0.1) is 48.9 Å². The summed E-state index contributed by atoms with van der Waals surface area (Å²) in [4.78, 5) is 67.9. The van der Waals surface area contributed by atoms with Gasteiger partial charge < -0.3 is 43.6 Å². The third-order valence-corrected chi connectivity index (χ3v) is 13.8. The number of aryl methyl sites for hydroxylation is 1. The predicted molar refractivity (Wildman–Crippen MR) is 304 cm³/mol. The van der Waals surface area contributed by atoms with E-state index >= 15 is 0 Å². The summed E-state index contributed by atoms with van der Waals surface area (Å²) in [5, 5.41) is 5.89. The molecule has 18 heteroatoms. The maximum absolute atomic E-state index is 11.8. The number of anilines is 1. The number of ether oxygens (including phenoxy) is 3. The first-order valence-electron chi connectivity index (χ1n) is 26.7. The number of fused-ring (bicyclic) bond motifs is 1. The Morgan fingerprint density at radius 1 is 0.947 bits per heavy atom. The van der Waals surface area contributed by atoms with Crippen LogP contribution >= 0.6 is 12.6 Å². The maximum atomic E-state index is 11.8. The Balaban J connectivity index is 0.000000306. The van der Waals surface area contributed by atoms with Crippen molar-refractivity contribution in [3.63, 3.8) is 0 Å². The monoisotopic (exact) mass is 1060 g/mol. The number of hydrogen-bond donors (Lipinski definition) is 3. The molecule has 0 radical (unpaired) electrons. The summed E-state index contributed by atoms with van der Waals surface area (Å²) < 4.78 is 18.9. The van der Waals surface area contributed by atoms with Gasteiger partial charge in [-0.15, -0.1) is 0 Å². The summed E-state index contributed by atoms with van der Waals surface area (Å²) in [6.07, 6.45) is 11.6. The first-order chi connectivity index (χ1) is 35.8. The van der Waals surface area contributed by atoms with E-state index < -0.39 is 12.1 Å². The van der Waals surface area contributed by atoms with Gasteiger partial charge in [-0.2, -0.15) is 12.6 Å². The number of methoxy groups -OCH3 is 1. The number of rotatable bonds is 17. The summed E-state index contributed by atoms with van der Waals surface area (Å²) >= 11 is 3.53. The van der Waals surface area contributed by atoms with Crippen molar-refractivity contribution < 1.29 is 38.2 Å². The minimum Gasteiger partial charge on any atom is -0.467 e. The molecule has 4 aliphatic heterocycles. The van der Waals surface area contributed by atoms with E-state index in [0.29, 0.717) is 25.8 Å². The van der Waals surface area contributed by atoms with Gasteiger partial charge in [-0.25, -0.2) is 5.01 Å². The van der Waals surface area contributed by atoms with Gasteiger partial charge in [0, 0.05) is 114 Å². The zero-order valence-corrected chi connectivity index (χ0v) is 48.5. The molecule has 3 amide bonds. The van der Waals surface area contributed by atoms with Crippen LogP contribution in [0, 0.1) is 23.2 Å². The molecule has 0 saturated carbocycles. The van der Waals surface area contributed by atoms with Crippen LogP contribution < -0.4 is 15.6 Å². The number of thiol groups is 1. The number of aromatic nitrogens is 2. The molecule has 3 aromatic rings. The molecular weight excluding hydrogens is 971 g/mol. The van der Waals surface area contributed by atoms with Gasteiger partial charge in [-0.05, 0) is 127 Å². The molecule has 4 aliphatic rings. The summed E-state index contributed by atoms with van der Waals surface area (Å²) in [6.45, 7) is 29.3. The molecule has 6 heterocycles. The van der Waals surface area contributed by atoms with Gasteiger partial charge in [0.1, 0.15) is 12.3 Å². The highest BCUT2D eigenvalue weighted by Gasteiger charge is 2.31. The lowest BCUT2D eigenvalue weighted by atomic mass is 9.84. The maximum Gasteiger partial charge on any atom is 0.298 e. The zero-order chi connectivity index (χ0) is 55.7. The van der Waals surface area contributed by atoms with Gasteiger partial charge in [0.15, 0.2) is 0 Å². The second-order valence-corrected chi connectivity index (χ2v) is 21.0. The standard InChI is InChI=1S/C28H37N3O4.C13H20N2O.C10H18N2O3.C5H12N2.CH4S/c1-6-31-25-10-9-21(30-12-14-34-15-13-30)16-23(25)24(17-28(3,4)18-35-19-32)27(31)22-8-7-11-29-26(22)20(2)33-5;1-13(2,15-10-5-11-15)7-6-12(16)14-8-3-4-9-14;1-7(2)9(12(4)6-14)10(15)11-8(3)5-13;1-7-5-3-2-4-6-7;1-2/h7-11,16,19-20H,6,12-15,17-18H2,1-5H3;3-5,8-11H2,1-2H3;5-9H,1-4H3,(H,11,15);6H,2-5H2,1H3;2H,1H3. The summed E-state index contributed by atoms with van der Waals surface area (Å²) in [7, 11) is 5.34. The largest absolute Gasteiger partial charge is 0.467 e. The number of nitrogens with one attached hydrogen (secondary N) is 2. The molecule has 7 rings (SSSR count). The molecule has 17 nitrogen and oxygen atoms in total. The number of pyridine rings is 1. The lowest BCUT2D eigenvalue weighted by Gasteiger charge is -2.41. The number of aldehydes is 1. The number of nitrogens with zero attached hydrogens (tertiary/aromatic N) is 7. The van der Waals surface area contributed by atoms with Crippen LogP contribution in [-0.4, -0.2) is 178 Å². The van der Waals surface area contributed by atoms with Crippen molar-refractivity contribution in [1.82, 2.24) is 40.0 Å². The van der Waals surface area contributed by atoms with E-state index in [4.69, 9.17) is 19.2 Å². The van der Waals surface area contributed by atoms with Gasteiger partial charge in [0.2, 0.25) is 12.3 Å². The fourth-order valence-corrected chi connectivity index (χ4v) is 9.44. The van der Waals surface area contributed by atoms with Crippen molar-refractivity contribution in [2.75, 3.05) is 105 Å². The number of likely N-dealkylation sites (N-methyl/N-ethyl adjacent to an activating group) is 1. The third-order valence-electron chi connectivity index (χ3n) is 13.8. The summed E-state index contributed by atoms with van der Waals surface area (Å²) in [5.41, 5.74) is 9.63. The number of likely N-dealkylation sites (tertiary alicyclic amines) is 2. The average Bonchev–Trinajstić information content (AvgIpc) is 4.04. The van der Waals surface area contributed by atoms with Crippen LogP contribution in [0.3, 0.4) is 0 Å². The third kappa shape index (κ3) is 19.5. The van der Waals surface area contributed by atoms with Crippen molar-refractivity contribution in [1.29, 1.82) is 0 Å². The second kappa shape index (κ2) is 32.5. The Bertz CT molecular complexity index is 2290. The van der Waals surface area contributed by atoms with E-state index in [2.05, 4.69) is 121 Å². The Morgan fingerprint density at radius 2 is 1.61 bits per heavy atom. The van der Waals surface area contributed by atoms with Crippen molar-refractivity contribution in [3.05, 3.63) is 47.8 Å². The van der Waals surface area contributed by atoms with Crippen LogP contribution in [0.15, 0.2) is 36.5 Å². The zero-order valence-electron chi connectivity index (χ0n) is 47.6. The fourth-order valence-electron chi connectivity index (χ4n) is 9.44. The highest BCUT2D eigenvalue weighted by atomic mass is 32.1. The molecule has 0 aliphatic carbocycles. The molecule has 0 spiro atoms. The number of morpholine rings is 1. The molecule has 2 aromatic heterocycles. The molecule has 3 unspecified atom stereocenters. The highest BCUT2D eigenvalue weighted by Crippen LogP contribution is 2.41. The highest BCUT2D eigenvalue weighted by molar-refractivity contribution is 7.79. The van der Waals surface area contributed by atoms with Crippen molar-refractivity contribution >= 4 is 60.2 Å². The molecule has 2 N–H and O–H groups in total. The van der Waals surface area contributed by atoms with E-state index in [0.717, 1.165) is 102 Å². The first kappa shape index (κ1) is 64.3. The Kier molecular flexibility index (Phi) is 27.9. The number of carbonyl (C=O) groups excluding carboxylic acids is 5. The van der Waals surface area contributed by atoms with Gasteiger partial charge in [-0.1, -0.05) is 33.6 Å². The van der Waals surface area contributed by atoms with Crippen LogP contribution in [0.5, 0.6) is 0 Å². The van der Waals surface area contributed by atoms with Crippen LogP contribution in [0.1, 0.15) is 112 Å². The van der Waals surface area contributed by atoms with Crippen LogP contribution in [-0.2, 0) is 51.1 Å². The number of benzene rings is 1. The first-order valence-corrected chi connectivity index (χ1v) is 27.6. The second-order valence-electron chi connectivity index (χ2n) is 21.0. The van der Waals surface area contributed by atoms with Gasteiger partial charge in [0.25, 0.3) is 12.4 Å². The lowest BCUT2D eigenvalue weighted by Crippen LogP contribution is -2.51. The number of amides is 3. The lowest BCUT2D eigenvalue weighted by molar-refractivity contribution is -0.134. The SMILES string of the molecule is CC(C)(C#CC(=O)N1CCCC1)N1CCC1.CC(C=O)NC(=O)C(C(C)C)N(C)C=O.CCn1c(-c2cccnc2C(C)OC)c(CC(C)(C)COC=O)c2cc(N3CCOCC3)ccc21.CN1CCCCN1.CS. The molecule has 1 aromatic carbocycles. The Hall–Kier alpha value is -5.03. The van der Waals surface area contributed by atoms with Crippen molar-refractivity contribution in [3.8, 4) is 23.1 Å². The predicted octanol–water partition coefficient (Wildman–Crippen LogP) is 6.67. The van der Waals surface area contributed by atoms with Crippen LogP contribution in [0.4, 0.5) is 5.69 Å². The van der Waals surface area contributed by atoms with E-state index in [1.165, 1.54) is 52.9 Å². The molecule has 3 atom stereocenters. The molecule has 4 fully saturated rings. The summed E-state index contributed by atoms with van der Waals surface area (Å²) in [5.74, 6) is 5.63. The molecular formula is C57H91N9O8S. The van der Waals surface area contributed by atoms with Crippen molar-refractivity contribution in [2.24, 2.45) is 11.3 Å². The van der Waals surface area contributed by atoms with E-state index in [1.54, 1.807) is 27.3 Å². The molecule has 418 valence electrons. The van der Waals surface area contributed by atoms with E-state index in [9.17, 15) is 24.0 Å². The van der Waals surface area contributed by atoms with Crippen LogP contribution in [0.25, 0.3) is 22.2 Å². The van der Waals surface area contributed by atoms with E-state index in [1.807, 2.05) is 37.9 Å². The Morgan fingerprint density at radius 3 is 2.13 bits per heavy atom. The molecule has 4 saturated heterocycles. The average molecular weight is 1060 g/mol. The summed E-state index contributed by atoms with van der Waals surface area (Å²) in [6, 6.07) is 9.83. The minimum atomic E-state index is -0.537. The minimum absolute atomic E-state index is 0.000878. The fraction of sp³-hybridized carbons (Fsp3) is 0.649. The normalized spacial score (nSPS) is 17.0. The topological polar surface area (TPSA) is 171 Å². The number of hydrazine groups is 1. The smallest absolute Gasteiger partial charge is 0.298 e. The number of hydrogen-bond acceptors (Lipinski definition) is 14. The van der Waals surface area contributed by atoms with Crippen molar-refractivity contribution in [2.45, 2.75) is 131 Å². The van der Waals surface area contributed by atoms with Gasteiger partial charge in [-0.3, -0.25) is 34.5 Å². The van der Waals surface area contributed by atoms with Gasteiger partial charge >= 0.3 is 0 Å². The Labute approximate surface area is 454 Å². The quantitative estimate of drug-likeness (QED) is 0.0745. The number of carbonyl (C=O) groups is 5. The van der Waals surface area contributed by atoms with Crippen LogP contribution in [0.2, 0.25) is 0 Å². The molecule has 0 bridgehead atoms. The molecule has 75 heavy (non-hydrogen) atoms. The van der Waals surface area contributed by atoms with E-state index in [-0.39, 0.29) is 34.8 Å².